The lowest BCUT2D eigenvalue weighted by atomic mass is 10.1. The van der Waals surface area contributed by atoms with Gasteiger partial charge in [0, 0.05) is 50.9 Å². The number of aromatic nitrogens is 2. The lowest BCUT2D eigenvalue weighted by Gasteiger charge is -2.41. The van der Waals surface area contributed by atoms with Crippen LogP contribution in [0, 0.1) is 17.1 Å². The van der Waals surface area contributed by atoms with E-state index in [0.29, 0.717) is 41.9 Å². The number of hydrogen-bond donors (Lipinski definition) is 0. The Morgan fingerprint density at radius 3 is 2.56 bits per heavy atom. The maximum absolute atomic E-state index is 13.4. The van der Waals surface area contributed by atoms with Gasteiger partial charge in [-0.05, 0) is 36.8 Å². The number of nitrogens with zero attached hydrogens (tertiary/aromatic N) is 5. The van der Waals surface area contributed by atoms with Gasteiger partial charge in [-0.2, -0.15) is 5.26 Å². The van der Waals surface area contributed by atoms with Crippen LogP contribution in [0.2, 0.25) is 0 Å². The number of aryl methyl sites for hydroxylation is 1. The minimum absolute atomic E-state index is 0.0398. The van der Waals surface area contributed by atoms with Gasteiger partial charge in [-0.25, -0.2) is 18.2 Å². The van der Waals surface area contributed by atoms with Crippen LogP contribution < -0.4 is 10.5 Å². The van der Waals surface area contributed by atoms with Crippen LogP contribution in [0.15, 0.2) is 41.2 Å². The summed E-state index contributed by atoms with van der Waals surface area (Å²) in [6.45, 7) is 7.95. The van der Waals surface area contributed by atoms with Crippen molar-refractivity contribution in [3.63, 3.8) is 0 Å². The Morgan fingerprint density at radius 1 is 1.18 bits per heavy atom. The Kier molecular flexibility index (Phi) is 7.94. The number of piperazine rings is 1. The van der Waals surface area contributed by atoms with E-state index in [1.807, 2.05) is 31.7 Å². The smallest absolute Gasteiger partial charge is 0.264 e. The highest BCUT2D eigenvalue weighted by molar-refractivity contribution is 5.88. The number of hydrogen-bond acceptors (Lipinski definition) is 5. The predicted molar refractivity (Wildman–Crippen MR) is 126 cm³/mol. The van der Waals surface area contributed by atoms with Gasteiger partial charge in [-0.15, -0.1) is 0 Å². The van der Waals surface area contributed by atoms with Crippen molar-refractivity contribution in [1.82, 2.24) is 14.5 Å². The summed E-state index contributed by atoms with van der Waals surface area (Å²) in [6, 6.07) is 10.3. The normalized spacial score (nSPS) is 16.3. The summed E-state index contributed by atoms with van der Waals surface area (Å²) in [5.41, 5.74) is 2.06. The van der Waals surface area contributed by atoms with E-state index in [1.165, 1.54) is 22.8 Å². The Bertz CT molecular complexity index is 1270. The molecule has 1 fully saturated rings. The topological polar surface area (TPSA) is 65.2 Å². The average Bonchev–Trinajstić information content (AvgIpc) is 2.83. The second-order valence-corrected chi connectivity index (χ2v) is 8.02. The van der Waals surface area contributed by atoms with Crippen molar-refractivity contribution in [3.8, 4) is 6.07 Å². The fourth-order valence-electron chi connectivity index (χ4n) is 4.28. The number of alkyl halides is 2. The van der Waals surface area contributed by atoms with Gasteiger partial charge in [0.25, 0.3) is 12.0 Å². The standard InChI is InChI=1S/C23H22F3N5O.C2H6/c1-14-12-30(13-15-3-4-16(24)9-18(15)23(25)26)7-8-31(14)20-10-21(32)29(2)19-6-5-17(11-27)28-22(19)20;1-2/h3-6,9-10,14,23H,7-8,12-13H2,1-2H3;1-2H3. The van der Waals surface area contributed by atoms with Crippen LogP contribution in [-0.4, -0.2) is 40.1 Å². The molecule has 1 saturated heterocycles. The van der Waals surface area contributed by atoms with Gasteiger partial charge < -0.3 is 9.47 Å². The number of anilines is 1. The van der Waals surface area contributed by atoms with E-state index in [1.54, 1.807) is 19.2 Å². The minimum Gasteiger partial charge on any atom is -0.364 e. The summed E-state index contributed by atoms with van der Waals surface area (Å²) >= 11 is 0. The summed E-state index contributed by atoms with van der Waals surface area (Å²) in [6.07, 6.45) is -2.74. The summed E-state index contributed by atoms with van der Waals surface area (Å²) in [4.78, 5) is 21.1. The molecule has 0 aliphatic carbocycles. The lowest BCUT2D eigenvalue weighted by molar-refractivity contribution is 0.146. The maximum Gasteiger partial charge on any atom is 0.264 e. The SMILES string of the molecule is CC.CC1CN(Cc2ccc(F)cc2C(F)F)CCN1c1cc(=O)n(C)c2ccc(C#N)nc12. The number of fused-ring (bicyclic) bond motifs is 1. The van der Waals surface area contributed by atoms with Crippen molar-refractivity contribution in [2.75, 3.05) is 24.5 Å². The van der Waals surface area contributed by atoms with Crippen LogP contribution in [0.5, 0.6) is 0 Å². The number of nitriles is 1. The van der Waals surface area contributed by atoms with Crippen molar-refractivity contribution in [2.24, 2.45) is 7.05 Å². The van der Waals surface area contributed by atoms with Crippen LogP contribution in [0.25, 0.3) is 11.0 Å². The first-order chi connectivity index (χ1) is 16.3. The monoisotopic (exact) mass is 471 g/mol. The second kappa shape index (κ2) is 10.7. The number of benzene rings is 1. The third-order valence-electron chi connectivity index (χ3n) is 5.94. The van der Waals surface area contributed by atoms with E-state index in [4.69, 9.17) is 0 Å². The molecule has 4 rings (SSSR count). The predicted octanol–water partition coefficient (Wildman–Crippen LogP) is 4.62. The number of rotatable bonds is 4. The highest BCUT2D eigenvalue weighted by atomic mass is 19.3. The minimum atomic E-state index is -2.74. The van der Waals surface area contributed by atoms with E-state index in [0.717, 1.165) is 6.07 Å². The van der Waals surface area contributed by atoms with Gasteiger partial charge in [-0.1, -0.05) is 19.9 Å². The fraction of sp³-hybridized carbons (Fsp3) is 0.400. The summed E-state index contributed by atoms with van der Waals surface area (Å²) in [5, 5.41) is 9.25. The van der Waals surface area contributed by atoms with E-state index < -0.39 is 12.2 Å². The fourth-order valence-corrected chi connectivity index (χ4v) is 4.28. The van der Waals surface area contributed by atoms with Crippen molar-refractivity contribution in [1.29, 1.82) is 5.26 Å². The molecular weight excluding hydrogens is 443 g/mol. The number of halogens is 3. The molecule has 1 aromatic carbocycles. The Morgan fingerprint density at radius 2 is 1.91 bits per heavy atom. The molecule has 9 heteroatoms. The van der Waals surface area contributed by atoms with E-state index in [2.05, 4.69) is 9.88 Å². The van der Waals surface area contributed by atoms with Crippen LogP contribution in [0.4, 0.5) is 18.9 Å². The molecule has 3 aromatic rings. The lowest BCUT2D eigenvalue weighted by Crippen LogP contribution is -2.52. The van der Waals surface area contributed by atoms with Crippen LogP contribution in [0.1, 0.15) is 44.0 Å². The third-order valence-corrected chi connectivity index (χ3v) is 5.94. The Hall–Kier alpha value is -3.38. The molecule has 180 valence electrons. The first-order valence-corrected chi connectivity index (χ1v) is 11.2. The van der Waals surface area contributed by atoms with Crippen LogP contribution >= 0.6 is 0 Å². The molecule has 2 aromatic heterocycles. The summed E-state index contributed by atoms with van der Waals surface area (Å²) < 4.78 is 41.6. The molecule has 1 aliphatic heterocycles. The van der Waals surface area contributed by atoms with Gasteiger partial charge in [0.05, 0.1) is 11.2 Å². The van der Waals surface area contributed by atoms with Crippen molar-refractivity contribution >= 4 is 16.7 Å². The first-order valence-electron chi connectivity index (χ1n) is 11.2. The zero-order valence-corrected chi connectivity index (χ0v) is 19.7. The van der Waals surface area contributed by atoms with Crippen LogP contribution in [-0.2, 0) is 13.6 Å². The molecule has 6 nitrogen and oxygen atoms in total. The highest BCUT2D eigenvalue weighted by Crippen LogP contribution is 2.29. The van der Waals surface area contributed by atoms with Gasteiger partial charge in [0.15, 0.2) is 0 Å². The zero-order valence-electron chi connectivity index (χ0n) is 19.7. The first kappa shape index (κ1) is 25.2. The summed E-state index contributed by atoms with van der Waals surface area (Å²) in [7, 11) is 1.66. The van der Waals surface area contributed by atoms with E-state index >= 15 is 0 Å². The van der Waals surface area contributed by atoms with Gasteiger partial charge in [0.1, 0.15) is 23.1 Å². The molecule has 0 amide bonds. The molecule has 1 atom stereocenters. The largest absolute Gasteiger partial charge is 0.364 e. The highest BCUT2D eigenvalue weighted by Gasteiger charge is 2.27. The molecule has 0 N–H and O–H groups in total. The molecule has 1 aliphatic rings. The molecular formula is C25H28F3N5O. The molecule has 0 radical (unpaired) electrons. The maximum atomic E-state index is 13.4. The van der Waals surface area contributed by atoms with Crippen molar-refractivity contribution in [2.45, 2.75) is 39.8 Å². The Balaban J connectivity index is 0.00000158. The van der Waals surface area contributed by atoms with Crippen molar-refractivity contribution in [3.05, 3.63) is 69.4 Å². The second-order valence-electron chi connectivity index (χ2n) is 8.02. The molecule has 1 unspecified atom stereocenters. The summed E-state index contributed by atoms with van der Waals surface area (Å²) in [5.74, 6) is -0.677. The quantitative estimate of drug-likeness (QED) is 0.556. The molecule has 3 heterocycles. The molecule has 0 bridgehead atoms. The third kappa shape index (κ3) is 5.07. The molecule has 34 heavy (non-hydrogen) atoms. The average molecular weight is 472 g/mol. The van der Waals surface area contributed by atoms with E-state index in [9.17, 15) is 23.2 Å². The van der Waals surface area contributed by atoms with Crippen molar-refractivity contribution < 1.29 is 13.2 Å². The number of pyridine rings is 2. The molecule has 0 saturated carbocycles. The van der Waals surface area contributed by atoms with Crippen LogP contribution in [0.3, 0.4) is 0 Å². The van der Waals surface area contributed by atoms with E-state index in [-0.39, 0.29) is 29.4 Å². The van der Waals surface area contributed by atoms with Gasteiger partial charge in [0.2, 0.25) is 0 Å². The van der Waals surface area contributed by atoms with Gasteiger partial charge in [-0.3, -0.25) is 9.69 Å². The Labute approximate surface area is 196 Å². The molecule has 0 spiro atoms. The van der Waals surface area contributed by atoms with Gasteiger partial charge >= 0.3 is 0 Å². The zero-order chi connectivity index (χ0) is 25.0.